The number of hydrogen-bond acceptors (Lipinski definition) is 2. The van der Waals surface area contributed by atoms with Crippen molar-refractivity contribution < 1.29 is 17.1 Å². The van der Waals surface area contributed by atoms with Crippen LogP contribution >= 0.6 is 69.6 Å². The average Bonchev–Trinajstić information content (AvgIpc) is 3.15. The van der Waals surface area contributed by atoms with E-state index in [-0.39, 0.29) is 17.1 Å². The Hall–Kier alpha value is -1.26. The van der Waals surface area contributed by atoms with Gasteiger partial charge < -0.3 is 0 Å². The molecule has 0 N–H and O–H groups in total. The van der Waals surface area contributed by atoms with E-state index in [1.54, 1.807) is 36.4 Å². The van der Waals surface area contributed by atoms with E-state index in [9.17, 15) is 0 Å². The Morgan fingerprint density at radius 1 is 0.703 bits per heavy atom. The van der Waals surface area contributed by atoms with Gasteiger partial charge >= 0.3 is 0 Å². The molecule has 0 amide bonds. The van der Waals surface area contributed by atoms with E-state index in [0.717, 1.165) is 39.4 Å². The van der Waals surface area contributed by atoms with Crippen molar-refractivity contribution in [3.05, 3.63) is 103 Å². The van der Waals surface area contributed by atoms with Crippen molar-refractivity contribution in [3.8, 4) is 11.1 Å². The smallest absolute Gasteiger partial charge is 0.101 e. The van der Waals surface area contributed by atoms with E-state index in [1.807, 2.05) is 44.2 Å². The Bertz CT molecular complexity index is 1420. The van der Waals surface area contributed by atoms with Gasteiger partial charge in [-0.3, -0.25) is 9.98 Å². The predicted molar refractivity (Wildman–Crippen MR) is 160 cm³/mol. The maximum atomic E-state index is 6.71. The van der Waals surface area contributed by atoms with E-state index in [1.165, 1.54) is 0 Å². The minimum absolute atomic E-state index is 0. The van der Waals surface area contributed by atoms with E-state index >= 15 is 0 Å². The van der Waals surface area contributed by atoms with Gasteiger partial charge in [-0.1, -0.05) is 82.3 Å². The second kappa shape index (κ2) is 13.2. The molecule has 3 aromatic rings. The first-order valence-corrected chi connectivity index (χ1v) is 13.3. The summed E-state index contributed by atoms with van der Waals surface area (Å²) in [7, 11) is 0. The largest absolute Gasteiger partial charge is 0.260 e. The molecule has 0 aliphatic heterocycles. The van der Waals surface area contributed by atoms with Crippen LogP contribution in [0.4, 0.5) is 5.69 Å². The molecule has 0 saturated carbocycles. The van der Waals surface area contributed by atoms with Gasteiger partial charge in [0.2, 0.25) is 0 Å². The molecule has 37 heavy (non-hydrogen) atoms. The first-order chi connectivity index (χ1) is 17.2. The summed E-state index contributed by atoms with van der Waals surface area (Å²) in [5.41, 5.74) is 6.23. The number of aliphatic imine (C=N–C) groups is 2. The molecule has 1 atom stereocenters. The maximum absolute atomic E-state index is 6.71. The Labute approximate surface area is 257 Å². The molecule has 0 unspecified atom stereocenters. The fraction of sp³-hybridized carbons (Fsp3) is 0.143. The van der Waals surface area contributed by atoms with Crippen molar-refractivity contribution in [2.45, 2.75) is 25.6 Å². The normalized spacial score (nSPS) is 15.8. The van der Waals surface area contributed by atoms with Crippen LogP contribution in [0.15, 0.2) is 82.4 Å². The van der Waals surface area contributed by atoms with Gasteiger partial charge in [-0.25, -0.2) is 0 Å². The summed E-state index contributed by atoms with van der Waals surface area (Å²) < 4.78 is 0. The first-order valence-electron chi connectivity index (χ1n) is 11.0. The van der Waals surface area contributed by atoms with Crippen LogP contribution < -0.4 is 0 Å². The van der Waals surface area contributed by atoms with Gasteiger partial charge in [0.1, 0.15) is 5.38 Å². The van der Waals surface area contributed by atoms with E-state index in [2.05, 4.69) is 0 Å². The Morgan fingerprint density at radius 2 is 1.24 bits per heavy atom. The third-order valence-electron chi connectivity index (χ3n) is 5.56. The molecule has 1 aliphatic rings. The molecule has 0 fully saturated rings. The average molecular weight is 661 g/mol. The zero-order valence-corrected chi connectivity index (χ0v) is 25.1. The van der Waals surface area contributed by atoms with Crippen molar-refractivity contribution in [2.24, 2.45) is 9.98 Å². The number of alkyl halides is 1. The fourth-order valence-corrected chi connectivity index (χ4v) is 5.74. The Morgan fingerprint density at radius 3 is 1.81 bits per heavy atom. The van der Waals surface area contributed by atoms with Gasteiger partial charge in [-0.2, -0.15) is 0 Å². The van der Waals surface area contributed by atoms with E-state index < -0.39 is 5.38 Å². The van der Waals surface area contributed by atoms with Crippen molar-refractivity contribution in [1.29, 1.82) is 0 Å². The summed E-state index contributed by atoms with van der Waals surface area (Å²) in [6.45, 7) is 3.87. The van der Waals surface area contributed by atoms with Crippen molar-refractivity contribution in [3.63, 3.8) is 0 Å². The number of allylic oxidation sites excluding steroid dienone is 3. The van der Waals surface area contributed by atoms with Crippen molar-refractivity contribution in [1.82, 2.24) is 0 Å². The van der Waals surface area contributed by atoms with Crippen LogP contribution in [0.1, 0.15) is 25.8 Å². The molecule has 195 valence electrons. The Balaban J connectivity index is 0.00000380. The summed E-state index contributed by atoms with van der Waals surface area (Å²) in [5.74, 6) is 0. The second-order valence-corrected chi connectivity index (χ2v) is 10.8. The molecule has 4 rings (SSSR count). The van der Waals surface area contributed by atoms with Crippen LogP contribution in [0.2, 0.25) is 25.1 Å². The molecular weight excluding hydrogens is 641 g/mol. The quantitative estimate of drug-likeness (QED) is 0.143. The standard InChI is InChI=1S/C28H20Cl6N2.Cu/c1-15(35-24-11-9-17(14-23(24)33)26-19(29)5-3-6-20(26)30)13-16(2)36-25-12-10-18(28(25)34)27-21(31)7-4-8-22(27)32;/h3-12,14,28H,13H2,1-2H3;/t28-;/m0./s1. The fourth-order valence-electron chi connectivity index (χ4n) is 3.98. The summed E-state index contributed by atoms with van der Waals surface area (Å²) in [5, 5.41) is 2.28. The number of halogens is 6. The number of nitrogens with zero attached hydrogens (tertiary/aromatic N) is 2. The SMILES string of the molecule is CC(CC(C)=Nc1ccc(-c2c(Cl)cccc2Cl)cc1Cl)=NC1=CC=C(c2c(Cl)cccc2Cl)[C@@H]1Cl.[Cu]. The van der Waals surface area contributed by atoms with Gasteiger partial charge in [0.25, 0.3) is 0 Å². The van der Waals surface area contributed by atoms with E-state index in [4.69, 9.17) is 79.6 Å². The van der Waals surface area contributed by atoms with Gasteiger partial charge in [-0.05, 0) is 67.5 Å². The van der Waals surface area contributed by atoms with Crippen LogP contribution in [-0.4, -0.2) is 16.8 Å². The van der Waals surface area contributed by atoms with Gasteiger partial charge in [-0.15, -0.1) is 11.6 Å². The molecule has 0 heterocycles. The number of hydrogen-bond donors (Lipinski definition) is 0. The summed E-state index contributed by atoms with van der Waals surface area (Å²) in [6.07, 6.45) is 4.35. The third kappa shape index (κ3) is 7.04. The van der Waals surface area contributed by atoms with Crippen LogP contribution in [0.25, 0.3) is 16.7 Å². The van der Waals surface area contributed by atoms with Crippen LogP contribution in [0.3, 0.4) is 0 Å². The first kappa shape index (κ1) is 30.3. The summed E-state index contributed by atoms with van der Waals surface area (Å²) in [6, 6.07) is 16.3. The third-order valence-corrected chi connectivity index (χ3v) is 7.58. The summed E-state index contributed by atoms with van der Waals surface area (Å²) in [4.78, 5) is 9.43. The molecule has 2 nitrogen and oxygen atoms in total. The molecule has 9 heteroatoms. The topological polar surface area (TPSA) is 24.7 Å². The Kier molecular flexibility index (Phi) is 10.8. The van der Waals surface area contributed by atoms with Crippen LogP contribution in [-0.2, 0) is 17.1 Å². The molecule has 1 aliphatic carbocycles. The molecule has 3 aromatic carbocycles. The predicted octanol–water partition coefficient (Wildman–Crippen LogP) is 11.1. The van der Waals surface area contributed by atoms with Gasteiger partial charge in [0.15, 0.2) is 0 Å². The molecule has 0 bridgehead atoms. The van der Waals surface area contributed by atoms with Gasteiger partial charge in [0.05, 0.1) is 16.4 Å². The zero-order valence-electron chi connectivity index (χ0n) is 19.6. The monoisotopic (exact) mass is 657 g/mol. The number of rotatable bonds is 6. The zero-order chi connectivity index (χ0) is 26.0. The van der Waals surface area contributed by atoms with Crippen molar-refractivity contribution in [2.75, 3.05) is 0 Å². The summed E-state index contributed by atoms with van der Waals surface area (Å²) >= 11 is 38.7. The van der Waals surface area contributed by atoms with Crippen LogP contribution in [0.5, 0.6) is 0 Å². The molecule has 0 aromatic heterocycles. The minimum Gasteiger partial charge on any atom is -0.260 e. The van der Waals surface area contributed by atoms with E-state index in [0.29, 0.717) is 37.2 Å². The van der Waals surface area contributed by atoms with Crippen molar-refractivity contribution >= 4 is 92.3 Å². The molecule has 0 saturated heterocycles. The molecular formula is C28H20Cl6CuN2. The molecule has 1 radical (unpaired) electrons. The number of benzene rings is 3. The van der Waals surface area contributed by atoms with Crippen LogP contribution in [0, 0.1) is 0 Å². The van der Waals surface area contributed by atoms with Gasteiger partial charge in [0, 0.05) is 66.1 Å². The maximum Gasteiger partial charge on any atom is 0.101 e. The second-order valence-electron chi connectivity index (χ2n) is 8.31. The molecule has 0 spiro atoms. The minimum atomic E-state index is -0.451.